The highest BCUT2D eigenvalue weighted by atomic mass is 35.5. The summed E-state index contributed by atoms with van der Waals surface area (Å²) in [6.07, 6.45) is 1.72. The SMILES string of the molecule is COc1ccc(S(=O)(=O)c2cccnc2CN(O)C(CCN2CCOCC2)C(N)=O)cc1.Cl.Cl. The Morgan fingerprint density at radius 3 is 2.47 bits per heavy atom. The highest BCUT2D eigenvalue weighted by molar-refractivity contribution is 7.91. The second kappa shape index (κ2) is 13.8. The van der Waals surface area contributed by atoms with E-state index in [1.165, 1.54) is 37.6 Å². The summed E-state index contributed by atoms with van der Waals surface area (Å²) in [5.74, 6) is -0.169. The lowest BCUT2D eigenvalue weighted by molar-refractivity contribution is -0.159. The number of ether oxygens (including phenoxy) is 2. The van der Waals surface area contributed by atoms with Crippen molar-refractivity contribution in [3.05, 3.63) is 48.3 Å². The van der Waals surface area contributed by atoms with Crippen LogP contribution >= 0.6 is 24.8 Å². The lowest BCUT2D eigenvalue weighted by Gasteiger charge is -2.29. The first-order valence-electron chi connectivity index (χ1n) is 10.2. The van der Waals surface area contributed by atoms with Crippen molar-refractivity contribution in [2.45, 2.75) is 28.8 Å². The second-order valence-electron chi connectivity index (χ2n) is 7.39. The quantitative estimate of drug-likeness (QED) is 0.433. The minimum absolute atomic E-state index is 0. The van der Waals surface area contributed by atoms with Gasteiger partial charge >= 0.3 is 0 Å². The fourth-order valence-corrected chi connectivity index (χ4v) is 4.93. The number of halogens is 2. The number of benzene rings is 1. The lowest BCUT2D eigenvalue weighted by Crippen LogP contribution is -2.46. The summed E-state index contributed by atoms with van der Waals surface area (Å²) in [4.78, 5) is 18.3. The number of carbonyl (C=O) groups is 1. The van der Waals surface area contributed by atoms with Gasteiger partial charge in [0.15, 0.2) is 0 Å². The van der Waals surface area contributed by atoms with E-state index < -0.39 is 21.8 Å². The van der Waals surface area contributed by atoms with Crippen LogP contribution in [0.4, 0.5) is 0 Å². The smallest absolute Gasteiger partial charge is 0.237 e. The van der Waals surface area contributed by atoms with Crippen molar-refractivity contribution in [2.24, 2.45) is 5.73 Å². The van der Waals surface area contributed by atoms with Crippen LogP contribution in [0.15, 0.2) is 52.4 Å². The summed E-state index contributed by atoms with van der Waals surface area (Å²) in [6.45, 7) is 2.98. The number of hydroxylamine groups is 2. The summed E-state index contributed by atoms with van der Waals surface area (Å²) in [5.41, 5.74) is 5.63. The van der Waals surface area contributed by atoms with Gasteiger partial charge in [0.1, 0.15) is 11.8 Å². The Morgan fingerprint density at radius 1 is 1.24 bits per heavy atom. The Kier molecular flexibility index (Phi) is 12.2. The second-order valence-corrected chi connectivity index (χ2v) is 9.30. The van der Waals surface area contributed by atoms with Crippen molar-refractivity contribution in [3.63, 3.8) is 0 Å². The minimum atomic E-state index is -3.91. The van der Waals surface area contributed by atoms with Crippen LogP contribution in [0.5, 0.6) is 5.75 Å². The van der Waals surface area contributed by atoms with E-state index in [1.807, 2.05) is 0 Å². The minimum Gasteiger partial charge on any atom is -0.497 e. The average molecular weight is 537 g/mol. The third kappa shape index (κ3) is 7.51. The van der Waals surface area contributed by atoms with Crippen LogP contribution in [0.1, 0.15) is 12.1 Å². The molecular weight excluding hydrogens is 507 g/mol. The van der Waals surface area contributed by atoms with Crippen LogP contribution < -0.4 is 10.5 Å². The fourth-order valence-electron chi connectivity index (χ4n) is 3.50. The molecule has 0 radical (unpaired) electrons. The van der Waals surface area contributed by atoms with Crippen LogP contribution in [0.25, 0.3) is 0 Å². The first kappa shape index (κ1) is 30.0. The van der Waals surface area contributed by atoms with E-state index in [4.69, 9.17) is 15.2 Å². The number of hydrogen-bond acceptors (Lipinski definition) is 9. The van der Waals surface area contributed by atoms with E-state index in [9.17, 15) is 18.4 Å². The highest BCUT2D eigenvalue weighted by Gasteiger charge is 2.28. The number of rotatable bonds is 10. The molecule has 1 aromatic heterocycles. The summed E-state index contributed by atoms with van der Waals surface area (Å²) >= 11 is 0. The number of nitrogens with zero attached hydrogens (tertiary/aromatic N) is 3. The van der Waals surface area contributed by atoms with E-state index in [2.05, 4.69) is 9.88 Å². The van der Waals surface area contributed by atoms with E-state index >= 15 is 0 Å². The number of sulfone groups is 1. The largest absolute Gasteiger partial charge is 0.497 e. The van der Waals surface area contributed by atoms with Gasteiger partial charge in [-0.15, -0.1) is 24.8 Å². The Morgan fingerprint density at radius 2 is 1.88 bits per heavy atom. The zero-order valence-electron chi connectivity index (χ0n) is 18.7. The highest BCUT2D eigenvalue weighted by Crippen LogP contribution is 2.26. The first-order chi connectivity index (χ1) is 15.3. The molecule has 0 saturated carbocycles. The number of morpholine rings is 1. The van der Waals surface area contributed by atoms with E-state index in [0.717, 1.165) is 18.2 Å². The Hall–Kier alpha value is -1.99. The summed E-state index contributed by atoms with van der Waals surface area (Å²) < 4.78 is 36.7. The normalized spacial score (nSPS) is 15.1. The molecular formula is C21H30Cl2N4O6S. The fraction of sp³-hybridized carbons (Fsp3) is 0.429. The number of aromatic nitrogens is 1. The molecule has 1 unspecified atom stereocenters. The van der Waals surface area contributed by atoms with Gasteiger partial charge in [-0.1, -0.05) is 0 Å². The molecule has 190 valence electrons. The van der Waals surface area contributed by atoms with Gasteiger partial charge in [0.2, 0.25) is 15.7 Å². The van der Waals surface area contributed by atoms with Gasteiger partial charge in [0, 0.05) is 25.8 Å². The monoisotopic (exact) mass is 536 g/mol. The van der Waals surface area contributed by atoms with Crippen molar-refractivity contribution in [2.75, 3.05) is 40.0 Å². The molecule has 1 saturated heterocycles. The third-order valence-electron chi connectivity index (χ3n) is 5.33. The molecule has 1 atom stereocenters. The number of carbonyl (C=O) groups excluding carboxylic acids is 1. The maximum atomic E-state index is 13.2. The summed E-state index contributed by atoms with van der Waals surface area (Å²) in [7, 11) is -2.42. The van der Waals surface area contributed by atoms with Gasteiger partial charge in [-0.3, -0.25) is 14.7 Å². The standard InChI is InChI=1S/C21H28N4O6S.2ClH/c1-30-16-4-6-17(7-5-16)32(28,29)20-3-2-9-23-18(20)15-25(27)19(21(22)26)8-10-24-11-13-31-14-12-24;;/h2-7,9,19,27H,8,10-15H2,1H3,(H2,22,26);2*1H. The van der Waals surface area contributed by atoms with Gasteiger partial charge in [-0.05, 0) is 42.8 Å². The number of hydrogen-bond donors (Lipinski definition) is 2. The van der Waals surface area contributed by atoms with Crippen molar-refractivity contribution >= 4 is 40.6 Å². The molecule has 1 aliphatic heterocycles. The topological polar surface area (TPSA) is 135 Å². The Balaban J connectivity index is 0.00000289. The molecule has 13 heteroatoms. The lowest BCUT2D eigenvalue weighted by atomic mass is 10.1. The van der Waals surface area contributed by atoms with Gasteiger partial charge in [0.25, 0.3) is 0 Å². The molecule has 34 heavy (non-hydrogen) atoms. The van der Waals surface area contributed by atoms with Gasteiger partial charge in [-0.2, -0.15) is 5.06 Å². The Labute approximate surface area is 211 Å². The zero-order valence-corrected chi connectivity index (χ0v) is 21.2. The van der Waals surface area contributed by atoms with Gasteiger partial charge in [-0.25, -0.2) is 8.42 Å². The van der Waals surface area contributed by atoms with Crippen molar-refractivity contribution in [3.8, 4) is 5.75 Å². The van der Waals surface area contributed by atoms with Crippen LogP contribution in [-0.2, 0) is 25.9 Å². The van der Waals surface area contributed by atoms with Crippen molar-refractivity contribution < 1.29 is 27.9 Å². The molecule has 0 spiro atoms. The van der Waals surface area contributed by atoms with Gasteiger partial charge in [0.05, 0.1) is 42.4 Å². The predicted molar refractivity (Wildman–Crippen MR) is 129 cm³/mol. The maximum absolute atomic E-state index is 13.2. The molecule has 2 aromatic rings. The molecule has 1 aliphatic rings. The van der Waals surface area contributed by atoms with Crippen LogP contribution in [0.2, 0.25) is 0 Å². The zero-order chi connectivity index (χ0) is 23.1. The van der Waals surface area contributed by atoms with E-state index in [0.29, 0.717) is 31.9 Å². The molecule has 3 rings (SSSR count). The third-order valence-corrected chi connectivity index (χ3v) is 7.17. The predicted octanol–water partition coefficient (Wildman–Crippen LogP) is 1.53. The molecule has 1 fully saturated rings. The summed E-state index contributed by atoms with van der Waals surface area (Å²) in [5, 5.41) is 11.4. The first-order valence-corrected chi connectivity index (χ1v) is 11.7. The molecule has 0 aliphatic carbocycles. The number of nitrogens with two attached hydrogens (primary N) is 1. The molecule has 0 bridgehead atoms. The molecule has 3 N–H and O–H groups in total. The number of amides is 1. The van der Waals surface area contributed by atoms with Crippen molar-refractivity contribution in [1.82, 2.24) is 14.9 Å². The van der Waals surface area contributed by atoms with Crippen LogP contribution in [0.3, 0.4) is 0 Å². The van der Waals surface area contributed by atoms with E-state index in [1.54, 1.807) is 12.1 Å². The number of pyridine rings is 1. The number of methoxy groups -OCH3 is 1. The maximum Gasteiger partial charge on any atom is 0.237 e. The van der Waals surface area contributed by atoms with Crippen molar-refractivity contribution in [1.29, 1.82) is 0 Å². The van der Waals surface area contributed by atoms with Crippen LogP contribution in [0, 0.1) is 0 Å². The van der Waals surface area contributed by atoms with Gasteiger partial charge < -0.3 is 20.4 Å². The van der Waals surface area contributed by atoms with Crippen LogP contribution in [-0.4, -0.2) is 80.5 Å². The molecule has 10 nitrogen and oxygen atoms in total. The molecule has 1 aromatic carbocycles. The molecule has 1 amide bonds. The molecule has 2 heterocycles. The average Bonchev–Trinajstić information content (AvgIpc) is 2.80. The Bertz CT molecular complexity index is 1020. The number of primary amides is 1. The summed E-state index contributed by atoms with van der Waals surface area (Å²) in [6, 6.07) is 7.92. The van der Waals surface area contributed by atoms with E-state index in [-0.39, 0.29) is 46.8 Å².